The van der Waals surface area contributed by atoms with E-state index in [-0.39, 0.29) is 5.69 Å². The Bertz CT molecular complexity index is 601. The van der Waals surface area contributed by atoms with Crippen molar-refractivity contribution in [1.29, 1.82) is 0 Å². The highest BCUT2D eigenvalue weighted by atomic mass is 16.6. The number of hydrogen-bond acceptors (Lipinski definition) is 6. The van der Waals surface area contributed by atoms with Crippen LogP contribution >= 0.6 is 0 Å². The van der Waals surface area contributed by atoms with Crippen molar-refractivity contribution in [1.82, 2.24) is 9.97 Å². The van der Waals surface area contributed by atoms with Gasteiger partial charge in [-0.25, -0.2) is 9.97 Å². The lowest BCUT2D eigenvalue weighted by Gasteiger charge is -2.09. The third-order valence-electron chi connectivity index (χ3n) is 2.68. The molecule has 7 nitrogen and oxygen atoms in total. The van der Waals surface area contributed by atoms with Crippen LogP contribution < -0.4 is 5.32 Å². The van der Waals surface area contributed by atoms with Gasteiger partial charge in [0.05, 0.1) is 16.5 Å². The largest absolute Gasteiger partial charge is 0.393 e. The fourth-order valence-corrected chi connectivity index (χ4v) is 1.70. The van der Waals surface area contributed by atoms with Crippen LogP contribution in [0.2, 0.25) is 0 Å². The summed E-state index contributed by atoms with van der Waals surface area (Å²) in [5.41, 5.74) is 0.640. The summed E-state index contributed by atoms with van der Waals surface area (Å²) >= 11 is 0. The van der Waals surface area contributed by atoms with Crippen LogP contribution in [0.5, 0.6) is 0 Å². The van der Waals surface area contributed by atoms with Crippen molar-refractivity contribution in [3.63, 3.8) is 0 Å². The average molecular weight is 262 g/mol. The lowest BCUT2D eigenvalue weighted by molar-refractivity contribution is -0.384. The van der Waals surface area contributed by atoms with E-state index in [4.69, 9.17) is 0 Å². The molecule has 0 saturated heterocycles. The van der Waals surface area contributed by atoms with Crippen molar-refractivity contribution in [2.24, 2.45) is 0 Å². The number of non-ortho nitro benzene ring substituents is 1. The molecule has 0 aliphatic carbocycles. The molecule has 1 aromatic heterocycles. The Kier molecular flexibility index (Phi) is 3.86. The van der Waals surface area contributed by atoms with Gasteiger partial charge in [-0.3, -0.25) is 10.1 Å². The number of nitro benzene ring substituents is 1. The maximum atomic E-state index is 10.8. The van der Waals surface area contributed by atoms with Gasteiger partial charge in [0.25, 0.3) is 5.69 Å². The molecule has 0 saturated carbocycles. The van der Waals surface area contributed by atoms with Crippen molar-refractivity contribution in [2.45, 2.75) is 19.4 Å². The van der Waals surface area contributed by atoms with E-state index in [0.29, 0.717) is 29.7 Å². The fraction of sp³-hybridized carbons (Fsp3) is 0.333. The zero-order valence-corrected chi connectivity index (χ0v) is 10.4. The monoisotopic (exact) mass is 262 g/mol. The van der Waals surface area contributed by atoms with E-state index >= 15 is 0 Å². The number of benzene rings is 1. The van der Waals surface area contributed by atoms with E-state index in [9.17, 15) is 15.2 Å². The highest BCUT2D eigenvalue weighted by molar-refractivity contribution is 5.90. The number of aliphatic hydroxyl groups excluding tert-OH is 1. The van der Waals surface area contributed by atoms with Crippen molar-refractivity contribution in [3.05, 3.63) is 34.6 Å². The van der Waals surface area contributed by atoms with Crippen LogP contribution in [0.4, 0.5) is 11.5 Å². The van der Waals surface area contributed by atoms with Gasteiger partial charge in [-0.1, -0.05) is 0 Å². The average Bonchev–Trinajstić information content (AvgIpc) is 2.38. The third kappa shape index (κ3) is 3.14. The third-order valence-corrected chi connectivity index (χ3v) is 2.68. The van der Waals surface area contributed by atoms with Crippen molar-refractivity contribution in [3.8, 4) is 0 Å². The molecule has 0 fully saturated rings. The Labute approximate surface area is 109 Å². The Hall–Kier alpha value is -2.28. The number of fused-ring (bicyclic) bond motifs is 1. The molecule has 2 N–H and O–H groups in total. The second-order valence-electron chi connectivity index (χ2n) is 4.25. The maximum Gasteiger partial charge on any atom is 0.270 e. The molecule has 1 atom stereocenters. The van der Waals surface area contributed by atoms with E-state index in [2.05, 4.69) is 15.3 Å². The van der Waals surface area contributed by atoms with E-state index in [1.165, 1.54) is 18.5 Å². The Morgan fingerprint density at radius 3 is 2.95 bits per heavy atom. The van der Waals surface area contributed by atoms with Crippen LogP contribution in [-0.2, 0) is 0 Å². The zero-order valence-electron chi connectivity index (χ0n) is 10.4. The highest BCUT2D eigenvalue weighted by Gasteiger charge is 2.10. The van der Waals surface area contributed by atoms with Crippen molar-refractivity contribution >= 4 is 22.4 Å². The standard InChI is InChI=1S/C12H14N4O3/c1-8(17)4-5-13-12-10-6-9(16(18)19)2-3-11(10)14-7-15-12/h2-3,6-8,17H,4-5H2,1H3,(H,13,14,15). The van der Waals surface area contributed by atoms with Gasteiger partial charge in [0, 0.05) is 24.1 Å². The SMILES string of the molecule is CC(O)CCNc1ncnc2ccc([N+](=O)[O-])cc12. The molecule has 1 aromatic carbocycles. The number of aromatic nitrogens is 2. The van der Waals surface area contributed by atoms with Gasteiger partial charge in [-0.15, -0.1) is 0 Å². The minimum Gasteiger partial charge on any atom is -0.393 e. The van der Waals surface area contributed by atoms with Gasteiger partial charge < -0.3 is 10.4 Å². The summed E-state index contributed by atoms with van der Waals surface area (Å²) < 4.78 is 0. The Morgan fingerprint density at radius 1 is 1.47 bits per heavy atom. The van der Waals surface area contributed by atoms with Crippen LogP contribution in [0.15, 0.2) is 24.5 Å². The topological polar surface area (TPSA) is 101 Å². The molecule has 100 valence electrons. The molecule has 0 bridgehead atoms. The summed E-state index contributed by atoms with van der Waals surface area (Å²) in [4.78, 5) is 18.5. The Morgan fingerprint density at radius 2 is 2.26 bits per heavy atom. The second-order valence-corrected chi connectivity index (χ2v) is 4.25. The van der Waals surface area contributed by atoms with Crippen LogP contribution in [0.1, 0.15) is 13.3 Å². The molecule has 7 heteroatoms. The van der Waals surface area contributed by atoms with Crippen LogP contribution in [0.3, 0.4) is 0 Å². The summed E-state index contributed by atoms with van der Waals surface area (Å²) in [6, 6.07) is 4.45. The zero-order chi connectivity index (χ0) is 13.8. The summed E-state index contributed by atoms with van der Waals surface area (Å²) in [6.07, 6.45) is 1.56. The van der Waals surface area contributed by atoms with Gasteiger partial charge in [0.1, 0.15) is 12.1 Å². The van der Waals surface area contributed by atoms with Gasteiger partial charge >= 0.3 is 0 Å². The second kappa shape index (κ2) is 5.57. The maximum absolute atomic E-state index is 10.8. The molecule has 0 aliphatic rings. The van der Waals surface area contributed by atoms with E-state index < -0.39 is 11.0 Å². The molecule has 0 aliphatic heterocycles. The first-order valence-electron chi connectivity index (χ1n) is 5.89. The van der Waals surface area contributed by atoms with E-state index in [0.717, 1.165) is 0 Å². The predicted octanol–water partition coefficient (Wildman–Crippen LogP) is 1.72. The molecule has 0 radical (unpaired) electrons. The predicted molar refractivity (Wildman–Crippen MR) is 71.0 cm³/mol. The summed E-state index contributed by atoms with van der Waals surface area (Å²) in [5.74, 6) is 0.536. The number of nitrogens with one attached hydrogen (secondary N) is 1. The van der Waals surface area contributed by atoms with E-state index in [1.807, 2.05) is 0 Å². The van der Waals surface area contributed by atoms with Crippen LogP contribution in [-0.4, -0.2) is 32.6 Å². The Balaban J connectivity index is 2.31. The molecule has 0 spiro atoms. The first kappa shape index (κ1) is 13.2. The first-order valence-corrected chi connectivity index (χ1v) is 5.89. The molecule has 1 heterocycles. The number of nitro groups is 1. The number of aliphatic hydroxyl groups is 1. The van der Waals surface area contributed by atoms with Crippen LogP contribution in [0, 0.1) is 10.1 Å². The smallest absolute Gasteiger partial charge is 0.270 e. The summed E-state index contributed by atoms with van der Waals surface area (Å²) in [7, 11) is 0. The highest BCUT2D eigenvalue weighted by Crippen LogP contribution is 2.24. The van der Waals surface area contributed by atoms with Crippen molar-refractivity contribution < 1.29 is 10.0 Å². The van der Waals surface area contributed by atoms with Gasteiger partial charge in [0.2, 0.25) is 0 Å². The molecular formula is C12H14N4O3. The molecule has 19 heavy (non-hydrogen) atoms. The lowest BCUT2D eigenvalue weighted by atomic mass is 10.2. The molecule has 0 amide bonds. The molecule has 1 unspecified atom stereocenters. The number of anilines is 1. The number of hydrogen-bond donors (Lipinski definition) is 2. The quantitative estimate of drug-likeness (QED) is 0.628. The van der Waals surface area contributed by atoms with Gasteiger partial charge in [-0.05, 0) is 19.4 Å². The van der Waals surface area contributed by atoms with Gasteiger partial charge in [0.15, 0.2) is 0 Å². The minimum absolute atomic E-state index is 0.000811. The van der Waals surface area contributed by atoms with Crippen molar-refractivity contribution in [2.75, 3.05) is 11.9 Å². The molecule has 2 aromatic rings. The number of nitrogens with zero attached hydrogens (tertiary/aromatic N) is 3. The fourth-order valence-electron chi connectivity index (χ4n) is 1.70. The normalized spacial score (nSPS) is 12.3. The van der Waals surface area contributed by atoms with E-state index in [1.54, 1.807) is 13.0 Å². The minimum atomic E-state index is -0.452. The summed E-state index contributed by atoms with van der Waals surface area (Å²) in [5, 5.41) is 23.6. The van der Waals surface area contributed by atoms with Gasteiger partial charge in [-0.2, -0.15) is 0 Å². The molecule has 2 rings (SSSR count). The van der Waals surface area contributed by atoms with Crippen LogP contribution in [0.25, 0.3) is 10.9 Å². The first-order chi connectivity index (χ1) is 9.08. The molecular weight excluding hydrogens is 248 g/mol. The summed E-state index contributed by atoms with van der Waals surface area (Å²) in [6.45, 7) is 2.23. The lowest BCUT2D eigenvalue weighted by Crippen LogP contribution is -2.11. The number of rotatable bonds is 5.